The maximum Gasteiger partial charge on any atom is 0.307 e. The van der Waals surface area contributed by atoms with E-state index in [1.807, 2.05) is 0 Å². The number of rotatable bonds is 13. The van der Waals surface area contributed by atoms with Crippen molar-refractivity contribution in [3.05, 3.63) is 83.2 Å². The third-order valence-corrected chi connectivity index (χ3v) is 9.91. The number of Topliss-reactive ketones (excluding diaryl/α,β-unsaturated/α-hetero) is 1. The molecule has 5 N–H and O–H groups in total. The van der Waals surface area contributed by atoms with Crippen LogP contribution >= 0.6 is 0 Å². The van der Waals surface area contributed by atoms with Crippen LogP contribution in [0.4, 0.5) is 4.39 Å². The molecule has 0 spiro atoms. The number of fused-ring (bicyclic) bond motifs is 7. The van der Waals surface area contributed by atoms with E-state index in [1.165, 1.54) is 66.1 Å². The van der Waals surface area contributed by atoms with Gasteiger partial charge in [-0.15, -0.1) is 0 Å². The Morgan fingerprint density at radius 3 is 2.04 bits per heavy atom. The van der Waals surface area contributed by atoms with Gasteiger partial charge in [-0.25, -0.2) is 4.39 Å². The van der Waals surface area contributed by atoms with Crippen LogP contribution in [0.2, 0.25) is 0 Å². The summed E-state index contributed by atoms with van der Waals surface area (Å²) in [5.74, 6) is -4.97. The lowest BCUT2D eigenvalue weighted by molar-refractivity contribution is -0.146. The van der Waals surface area contributed by atoms with Gasteiger partial charge in [0.2, 0.25) is 23.6 Å². The molecule has 2 aliphatic heterocycles. The fourth-order valence-corrected chi connectivity index (χ4v) is 6.51. The molecule has 6 atom stereocenters. The van der Waals surface area contributed by atoms with Crippen molar-refractivity contribution in [2.75, 3.05) is 28.3 Å². The summed E-state index contributed by atoms with van der Waals surface area (Å²) in [5.41, 5.74) is 7.22. The van der Waals surface area contributed by atoms with Gasteiger partial charge in [0.15, 0.2) is 28.8 Å². The van der Waals surface area contributed by atoms with Crippen LogP contribution in [0.3, 0.4) is 0 Å². The summed E-state index contributed by atoms with van der Waals surface area (Å²) >= 11 is 0. The molecule has 0 aliphatic carbocycles. The molecule has 0 unspecified atom stereocenters. The number of carboxylic acid groups (broad SMARTS) is 1. The highest BCUT2D eigenvalue weighted by atomic mass is 19.1. The van der Waals surface area contributed by atoms with Crippen LogP contribution in [0.1, 0.15) is 43.9 Å². The molecule has 2 heterocycles. The third kappa shape index (κ3) is 11.1. The van der Waals surface area contributed by atoms with E-state index in [-0.39, 0.29) is 25.0 Å². The van der Waals surface area contributed by atoms with Gasteiger partial charge in [-0.05, 0) is 86.7 Å². The monoisotopic (exact) mass is 791 g/mol. The standard InChI is InChI=1S/C41H50FN5O10/c1-22(43)37(49)44-23(2)40(52)47(5)32(19-27-10-14-34(55-6)30(42)17-27)38(50)45-24(3)39(51)46(4)31-18-25-8-12-29(13-9-25)57-36-20-26(11-15-35(36)56-7)16-28(41(53)54)21-33(31)48/h8-15,17,20,22-24,28,31-32H,16,18-19,21,43H2,1-7H3,(H,44,49)(H,45,50)(H,53,54)/t22-,23+,24+,28-,31+,32+/m1/s1. The second-order valence-corrected chi connectivity index (χ2v) is 14.2. The SMILES string of the molecule is COc1ccc(C[C@@H](C(=O)N[C@@H](C)C(=O)N(C)[C@H]2Cc3ccc(cc3)Oc3cc(ccc3OC)C[C@@H](C(=O)O)CC2=O)N(C)C(=O)[C@H](C)NC(=O)[C@@H](C)N)cc1F. The molecular weight excluding hydrogens is 741 g/mol. The van der Waals surface area contributed by atoms with Gasteiger partial charge in [-0.1, -0.05) is 24.3 Å². The number of ether oxygens (including phenoxy) is 3. The first-order chi connectivity index (χ1) is 26.9. The summed E-state index contributed by atoms with van der Waals surface area (Å²) < 4.78 is 31.2. The molecule has 57 heavy (non-hydrogen) atoms. The molecule has 0 radical (unpaired) electrons. The smallest absolute Gasteiger partial charge is 0.307 e. The molecule has 0 saturated heterocycles. The van der Waals surface area contributed by atoms with Crippen molar-refractivity contribution >= 4 is 35.4 Å². The van der Waals surface area contributed by atoms with Crippen molar-refractivity contribution < 1.29 is 52.5 Å². The number of hydrogen-bond donors (Lipinski definition) is 4. The number of likely N-dealkylation sites (N-methyl/N-ethyl adjacent to an activating group) is 2. The summed E-state index contributed by atoms with van der Waals surface area (Å²) in [4.78, 5) is 82.6. The number of aliphatic carboxylic acids is 1. The molecule has 0 aromatic heterocycles. The van der Waals surface area contributed by atoms with Crippen molar-refractivity contribution in [3.8, 4) is 23.0 Å². The van der Waals surface area contributed by atoms with E-state index in [2.05, 4.69) is 10.6 Å². The quantitative estimate of drug-likeness (QED) is 0.198. The van der Waals surface area contributed by atoms with E-state index in [1.54, 1.807) is 42.5 Å². The Kier molecular flexibility index (Phi) is 14.7. The van der Waals surface area contributed by atoms with Crippen LogP contribution in [0.15, 0.2) is 60.7 Å². The minimum Gasteiger partial charge on any atom is -0.494 e. The number of halogens is 1. The van der Waals surface area contributed by atoms with Gasteiger partial charge in [0.1, 0.15) is 23.9 Å². The van der Waals surface area contributed by atoms with E-state index in [4.69, 9.17) is 19.9 Å². The zero-order valence-electron chi connectivity index (χ0n) is 33.0. The minimum atomic E-state index is -1.30. The van der Waals surface area contributed by atoms with Gasteiger partial charge < -0.3 is 45.5 Å². The molecule has 3 aromatic carbocycles. The van der Waals surface area contributed by atoms with Gasteiger partial charge in [0.05, 0.1) is 32.2 Å². The summed E-state index contributed by atoms with van der Waals surface area (Å²) in [6.45, 7) is 4.29. The van der Waals surface area contributed by atoms with Gasteiger partial charge in [0.25, 0.3) is 0 Å². The Morgan fingerprint density at radius 2 is 1.44 bits per heavy atom. The first-order valence-electron chi connectivity index (χ1n) is 18.3. The summed E-state index contributed by atoms with van der Waals surface area (Å²) in [5, 5.41) is 15.3. The van der Waals surface area contributed by atoms with E-state index in [9.17, 15) is 38.3 Å². The van der Waals surface area contributed by atoms with Crippen molar-refractivity contribution in [1.29, 1.82) is 0 Å². The minimum absolute atomic E-state index is 0.00484. The molecular formula is C41H50FN5O10. The van der Waals surface area contributed by atoms with Crippen LogP contribution in [0.25, 0.3) is 0 Å². The molecule has 5 rings (SSSR count). The number of nitrogens with zero attached hydrogens (tertiary/aromatic N) is 2. The Labute approximate surface area is 330 Å². The zero-order chi connectivity index (χ0) is 42.1. The van der Waals surface area contributed by atoms with E-state index in [0.717, 1.165) is 11.0 Å². The van der Waals surface area contributed by atoms with Crippen LogP contribution < -0.4 is 30.6 Å². The maximum atomic E-state index is 14.7. The van der Waals surface area contributed by atoms with Gasteiger partial charge in [-0.2, -0.15) is 0 Å². The lowest BCUT2D eigenvalue weighted by Crippen LogP contribution is -2.58. The Morgan fingerprint density at radius 1 is 0.842 bits per heavy atom. The Hall–Kier alpha value is -6.03. The number of carboxylic acids is 1. The largest absolute Gasteiger partial charge is 0.494 e. The fourth-order valence-electron chi connectivity index (χ4n) is 6.51. The number of carbonyl (C=O) groups excluding carboxylic acids is 5. The highest BCUT2D eigenvalue weighted by molar-refractivity contribution is 5.96. The van der Waals surface area contributed by atoms with Crippen molar-refractivity contribution in [2.24, 2.45) is 11.7 Å². The zero-order valence-corrected chi connectivity index (χ0v) is 33.0. The highest BCUT2D eigenvalue weighted by Gasteiger charge is 2.36. The number of hydrogen-bond acceptors (Lipinski definition) is 10. The topological polar surface area (TPSA) is 207 Å². The number of benzene rings is 3. The second-order valence-electron chi connectivity index (χ2n) is 14.2. The van der Waals surface area contributed by atoms with E-state index < -0.39 is 83.7 Å². The summed E-state index contributed by atoms with van der Waals surface area (Å²) in [6, 6.07) is 10.3. The summed E-state index contributed by atoms with van der Waals surface area (Å²) in [7, 11) is 5.53. The molecule has 4 bridgehead atoms. The number of methoxy groups -OCH3 is 2. The number of carbonyl (C=O) groups is 6. The number of ketones is 1. The van der Waals surface area contributed by atoms with E-state index in [0.29, 0.717) is 33.9 Å². The molecule has 3 aromatic rings. The fraction of sp³-hybridized carbons (Fsp3) is 0.415. The van der Waals surface area contributed by atoms with Gasteiger partial charge in [0, 0.05) is 26.9 Å². The lowest BCUT2D eigenvalue weighted by Gasteiger charge is -2.33. The molecule has 0 fully saturated rings. The maximum absolute atomic E-state index is 14.7. The normalized spacial score (nSPS) is 17.4. The van der Waals surface area contributed by atoms with Gasteiger partial charge in [-0.3, -0.25) is 28.8 Å². The van der Waals surface area contributed by atoms with Gasteiger partial charge >= 0.3 is 5.97 Å². The predicted octanol–water partition coefficient (Wildman–Crippen LogP) is 2.65. The number of nitrogens with one attached hydrogen (secondary N) is 2. The van der Waals surface area contributed by atoms with Crippen LogP contribution in [-0.2, 0) is 48.0 Å². The molecule has 306 valence electrons. The summed E-state index contributed by atoms with van der Waals surface area (Å²) in [6.07, 6.45) is -0.567. The van der Waals surface area contributed by atoms with Crippen LogP contribution in [-0.4, -0.2) is 109 Å². The molecule has 15 nitrogen and oxygen atoms in total. The average molecular weight is 792 g/mol. The van der Waals surface area contributed by atoms with Crippen molar-refractivity contribution in [1.82, 2.24) is 20.4 Å². The molecule has 4 amide bonds. The molecule has 2 aliphatic rings. The number of nitrogens with two attached hydrogens (primary N) is 1. The van der Waals surface area contributed by atoms with Crippen LogP contribution in [0, 0.1) is 11.7 Å². The predicted molar refractivity (Wildman–Crippen MR) is 206 cm³/mol. The number of amides is 4. The van der Waals surface area contributed by atoms with E-state index >= 15 is 0 Å². The average Bonchev–Trinajstić information content (AvgIpc) is 3.17. The molecule has 0 saturated carbocycles. The van der Waals surface area contributed by atoms with Crippen LogP contribution in [0.5, 0.6) is 23.0 Å². The molecule has 16 heteroatoms. The lowest BCUT2D eigenvalue weighted by atomic mass is 9.89. The highest BCUT2D eigenvalue weighted by Crippen LogP contribution is 2.34. The Balaban J connectivity index is 1.60. The van der Waals surface area contributed by atoms with Crippen molar-refractivity contribution in [3.63, 3.8) is 0 Å². The first-order valence-corrected chi connectivity index (χ1v) is 18.3. The second kappa shape index (κ2) is 19.2. The van der Waals surface area contributed by atoms with Crippen molar-refractivity contribution in [2.45, 2.75) is 76.7 Å². The Bertz CT molecular complexity index is 1970. The first kappa shape index (κ1) is 43.7. The third-order valence-electron chi connectivity index (χ3n) is 9.91.